The highest BCUT2D eigenvalue weighted by Gasteiger charge is 2.11. The van der Waals surface area contributed by atoms with Gasteiger partial charge in [0.1, 0.15) is 5.75 Å². The number of thiocarbonyl (C=S) groups is 1. The number of ether oxygens (including phenoxy) is 1. The van der Waals surface area contributed by atoms with E-state index in [2.05, 4.69) is 54.7 Å². The van der Waals surface area contributed by atoms with E-state index in [-0.39, 0.29) is 17.6 Å². The van der Waals surface area contributed by atoms with Gasteiger partial charge in [-0.3, -0.25) is 25.8 Å². The molecule has 0 aliphatic rings. The Kier molecular flexibility index (Phi) is 7.62. The van der Waals surface area contributed by atoms with Gasteiger partial charge in [0, 0.05) is 9.13 Å². The van der Waals surface area contributed by atoms with Gasteiger partial charge in [-0.15, -0.1) is 0 Å². The van der Waals surface area contributed by atoms with Gasteiger partial charge in [-0.1, -0.05) is 36.4 Å². The Morgan fingerprint density at radius 2 is 1.87 bits per heavy atom. The summed E-state index contributed by atoms with van der Waals surface area (Å²) in [5.41, 5.74) is 6.45. The molecule has 0 radical (unpaired) electrons. The normalized spacial score (nSPS) is 10.4. The molecule has 0 unspecified atom stereocenters. The van der Waals surface area contributed by atoms with Crippen molar-refractivity contribution in [1.82, 2.24) is 16.2 Å². The van der Waals surface area contributed by atoms with Crippen molar-refractivity contribution in [2.45, 2.75) is 6.92 Å². The number of carbonyl (C=O) groups excluding carboxylic acids is 2. The number of hydrogen-bond acceptors (Lipinski definition) is 4. The summed E-state index contributed by atoms with van der Waals surface area (Å²) in [7, 11) is 0. The molecule has 3 rings (SSSR count). The van der Waals surface area contributed by atoms with Crippen LogP contribution in [0.25, 0.3) is 10.8 Å². The highest BCUT2D eigenvalue weighted by Crippen LogP contribution is 2.32. The summed E-state index contributed by atoms with van der Waals surface area (Å²) in [5.74, 6) is -0.263. The molecule has 6 nitrogen and oxygen atoms in total. The predicted octanol–water partition coefficient (Wildman–Crippen LogP) is 4.23. The smallest absolute Gasteiger partial charge is 0.276 e. The molecule has 154 valence electrons. The van der Waals surface area contributed by atoms with Crippen molar-refractivity contribution in [2.75, 3.05) is 6.61 Å². The van der Waals surface area contributed by atoms with Gasteiger partial charge in [0.15, 0.2) is 11.7 Å². The number of aryl methyl sites for hydroxylation is 1. The second kappa shape index (κ2) is 10.2. The third-order valence-electron chi connectivity index (χ3n) is 4.16. The lowest BCUT2D eigenvalue weighted by molar-refractivity contribution is -0.123. The van der Waals surface area contributed by atoms with E-state index >= 15 is 0 Å². The number of nitrogens with one attached hydrogen (secondary N) is 3. The Morgan fingerprint density at radius 3 is 2.63 bits per heavy atom. The zero-order chi connectivity index (χ0) is 21.7. The summed E-state index contributed by atoms with van der Waals surface area (Å²) < 4.78 is 7.33. The highest BCUT2D eigenvalue weighted by atomic mass is 127. The first kappa shape index (κ1) is 22.4. The van der Waals surface area contributed by atoms with Crippen molar-refractivity contribution in [1.29, 1.82) is 0 Å². The molecule has 0 aliphatic carbocycles. The standard InChI is InChI=1S/C21H17BrIN3O3S/c1-12-6-7-14(10-16(12)23)20(28)24-21(30)26-25-18(27)11-29-17-9-8-13-4-2-3-5-15(13)19(17)22/h2-10H,11H2,1H3,(H,25,27)(H2,24,26,28,30). The number of fused-ring (bicyclic) bond motifs is 1. The maximum Gasteiger partial charge on any atom is 0.276 e. The van der Waals surface area contributed by atoms with Crippen molar-refractivity contribution in [3.8, 4) is 5.75 Å². The maximum atomic E-state index is 12.2. The molecule has 0 atom stereocenters. The van der Waals surface area contributed by atoms with E-state index in [0.717, 1.165) is 24.4 Å². The molecule has 3 aromatic rings. The minimum atomic E-state index is -0.448. The average Bonchev–Trinajstić information content (AvgIpc) is 2.74. The molecule has 0 bridgehead atoms. The van der Waals surface area contributed by atoms with Gasteiger partial charge < -0.3 is 4.74 Å². The predicted molar refractivity (Wildman–Crippen MR) is 132 cm³/mol. The summed E-state index contributed by atoms with van der Waals surface area (Å²) in [5, 5.41) is 4.55. The molecule has 0 fully saturated rings. The molecular formula is C21H17BrIN3O3S. The van der Waals surface area contributed by atoms with Crippen molar-refractivity contribution in [3.63, 3.8) is 0 Å². The molecule has 0 saturated heterocycles. The van der Waals surface area contributed by atoms with Crippen LogP contribution in [0.15, 0.2) is 59.1 Å². The van der Waals surface area contributed by atoms with Gasteiger partial charge in [-0.2, -0.15) is 0 Å². The lowest BCUT2D eigenvalue weighted by Gasteiger charge is -2.13. The lowest BCUT2D eigenvalue weighted by atomic mass is 10.1. The molecule has 0 saturated carbocycles. The monoisotopic (exact) mass is 597 g/mol. The molecule has 3 N–H and O–H groups in total. The average molecular weight is 598 g/mol. The summed E-state index contributed by atoms with van der Waals surface area (Å²) >= 11 is 10.7. The van der Waals surface area contributed by atoms with Crippen molar-refractivity contribution in [3.05, 3.63) is 73.8 Å². The van der Waals surface area contributed by atoms with E-state index in [4.69, 9.17) is 17.0 Å². The molecule has 0 aromatic heterocycles. The van der Waals surface area contributed by atoms with E-state index in [1.807, 2.05) is 43.3 Å². The second-order valence-electron chi connectivity index (χ2n) is 6.31. The topological polar surface area (TPSA) is 79.5 Å². The molecule has 0 aliphatic heterocycles. The minimum absolute atomic E-state index is 0.0178. The SMILES string of the molecule is Cc1ccc(C(=O)NC(=S)NNC(=O)COc2ccc3ccccc3c2Br)cc1I. The van der Waals surface area contributed by atoms with Crippen molar-refractivity contribution >= 4 is 78.4 Å². The first-order chi connectivity index (χ1) is 14.3. The van der Waals surface area contributed by atoms with Gasteiger partial charge >= 0.3 is 0 Å². The highest BCUT2D eigenvalue weighted by molar-refractivity contribution is 14.1. The van der Waals surface area contributed by atoms with Crippen LogP contribution in [0, 0.1) is 10.5 Å². The van der Waals surface area contributed by atoms with Gasteiger partial charge in [-0.25, -0.2) is 0 Å². The fraction of sp³-hybridized carbons (Fsp3) is 0.0952. The van der Waals surface area contributed by atoms with Crippen LogP contribution in [0.1, 0.15) is 15.9 Å². The molecule has 2 amide bonds. The van der Waals surface area contributed by atoms with Gasteiger partial charge in [0.05, 0.1) is 4.47 Å². The zero-order valence-electron chi connectivity index (χ0n) is 15.8. The largest absolute Gasteiger partial charge is 0.483 e. The van der Waals surface area contributed by atoms with E-state index in [9.17, 15) is 9.59 Å². The fourth-order valence-electron chi connectivity index (χ4n) is 2.57. The van der Waals surface area contributed by atoms with Crippen molar-refractivity contribution < 1.29 is 14.3 Å². The van der Waals surface area contributed by atoms with Gasteiger partial charge in [0.25, 0.3) is 11.8 Å². The van der Waals surface area contributed by atoms with Crippen LogP contribution in [0.4, 0.5) is 0 Å². The molecule has 0 spiro atoms. The summed E-state index contributed by atoms with van der Waals surface area (Å²) in [4.78, 5) is 24.3. The number of halogens is 2. The fourth-order valence-corrected chi connectivity index (χ4v) is 3.84. The van der Waals surface area contributed by atoms with E-state index < -0.39 is 5.91 Å². The number of hydrazine groups is 1. The third-order valence-corrected chi connectivity index (χ3v) is 6.35. The summed E-state index contributed by atoms with van der Waals surface area (Å²) in [6.45, 7) is 1.74. The Balaban J connectivity index is 1.48. The number of benzene rings is 3. The second-order valence-corrected chi connectivity index (χ2v) is 8.67. The summed E-state index contributed by atoms with van der Waals surface area (Å²) in [6, 6.07) is 16.9. The van der Waals surface area contributed by atoms with Gasteiger partial charge in [0.2, 0.25) is 0 Å². The van der Waals surface area contributed by atoms with Crippen LogP contribution < -0.4 is 20.9 Å². The molecule has 30 heavy (non-hydrogen) atoms. The molecule has 0 heterocycles. The van der Waals surface area contributed by atoms with E-state index in [1.54, 1.807) is 18.2 Å². The minimum Gasteiger partial charge on any atom is -0.483 e. The maximum absolute atomic E-state index is 12.2. The Labute approximate surface area is 201 Å². The van der Waals surface area contributed by atoms with Crippen LogP contribution >= 0.6 is 50.7 Å². The van der Waals surface area contributed by atoms with Crippen LogP contribution in [-0.4, -0.2) is 23.5 Å². The van der Waals surface area contributed by atoms with Crippen LogP contribution in [0.3, 0.4) is 0 Å². The van der Waals surface area contributed by atoms with Crippen LogP contribution in [0.5, 0.6) is 5.75 Å². The van der Waals surface area contributed by atoms with Crippen LogP contribution in [-0.2, 0) is 4.79 Å². The third kappa shape index (κ3) is 5.67. The molecule has 3 aromatic carbocycles. The summed E-state index contributed by atoms with van der Waals surface area (Å²) in [6.07, 6.45) is 0. The quantitative estimate of drug-likeness (QED) is 0.238. The van der Waals surface area contributed by atoms with E-state index in [0.29, 0.717) is 11.3 Å². The number of carbonyl (C=O) groups is 2. The van der Waals surface area contributed by atoms with Gasteiger partial charge in [-0.05, 0) is 92.2 Å². The Hall–Kier alpha value is -2.24. The zero-order valence-corrected chi connectivity index (χ0v) is 20.4. The number of amides is 2. The van der Waals surface area contributed by atoms with Crippen LogP contribution in [0.2, 0.25) is 0 Å². The number of rotatable bonds is 4. The molecular weight excluding hydrogens is 581 g/mol. The lowest BCUT2D eigenvalue weighted by Crippen LogP contribution is -2.49. The first-order valence-electron chi connectivity index (χ1n) is 8.81. The Bertz CT molecular complexity index is 1140. The first-order valence-corrected chi connectivity index (χ1v) is 11.1. The van der Waals surface area contributed by atoms with E-state index in [1.165, 1.54) is 0 Å². The Morgan fingerprint density at radius 1 is 1.10 bits per heavy atom. The number of hydrogen-bond donors (Lipinski definition) is 3. The molecule has 9 heteroatoms. The van der Waals surface area contributed by atoms with Crippen molar-refractivity contribution in [2.24, 2.45) is 0 Å².